The van der Waals surface area contributed by atoms with E-state index in [-0.39, 0.29) is 5.56 Å². The molecular weight excluding hydrogens is 417 g/mol. The maximum Gasteiger partial charge on any atom is 0.416 e. The molecule has 1 aliphatic rings. The van der Waals surface area contributed by atoms with E-state index >= 15 is 0 Å². The largest absolute Gasteiger partial charge is 0.416 e. The number of benzene rings is 1. The van der Waals surface area contributed by atoms with Gasteiger partial charge in [-0.2, -0.15) is 13.2 Å². The molecule has 0 bridgehead atoms. The maximum atomic E-state index is 12.7. The van der Waals surface area contributed by atoms with Gasteiger partial charge < -0.3 is 10.2 Å². The Labute approximate surface area is 184 Å². The molecule has 0 spiro atoms. The van der Waals surface area contributed by atoms with Gasteiger partial charge >= 0.3 is 6.18 Å². The summed E-state index contributed by atoms with van der Waals surface area (Å²) in [5.74, 6) is 1.44. The molecule has 8 heteroatoms. The first-order chi connectivity index (χ1) is 15.3. The number of carbonyl (C=O) groups is 1. The maximum absolute atomic E-state index is 12.7. The van der Waals surface area contributed by atoms with Crippen LogP contribution in [0.15, 0.2) is 60.9 Å². The average molecular weight is 440 g/mol. The first kappa shape index (κ1) is 21.8. The minimum atomic E-state index is -4.44. The number of pyridine rings is 2. The Hall–Kier alpha value is -3.42. The molecule has 2 aromatic heterocycles. The highest BCUT2D eigenvalue weighted by molar-refractivity contribution is 6.04. The van der Waals surface area contributed by atoms with E-state index in [2.05, 4.69) is 27.1 Å². The van der Waals surface area contributed by atoms with Crippen molar-refractivity contribution in [3.8, 4) is 11.1 Å². The van der Waals surface area contributed by atoms with Crippen molar-refractivity contribution in [2.75, 3.05) is 23.3 Å². The third kappa shape index (κ3) is 5.07. The predicted molar refractivity (Wildman–Crippen MR) is 117 cm³/mol. The zero-order valence-electron chi connectivity index (χ0n) is 17.6. The van der Waals surface area contributed by atoms with Crippen LogP contribution in [-0.2, 0) is 6.18 Å². The van der Waals surface area contributed by atoms with Gasteiger partial charge in [-0.25, -0.2) is 9.97 Å². The Bertz CT molecular complexity index is 1090. The minimum Gasteiger partial charge on any atom is -0.357 e. The summed E-state index contributed by atoms with van der Waals surface area (Å²) >= 11 is 0. The normalized spacial score (nSPS) is 14.9. The Kier molecular flexibility index (Phi) is 6.12. The number of rotatable bonds is 4. The molecular formula is C24H23F3N4O. The second-order valence-corrected chi connectivity index (χ2v) is 8.03. The Morgan fingerprint density at radius 3 is 2.25 bits per heavy atom. The van der Waals surface area contributed by atoms with Gasteiger partial charge in [-0.1, -0.05) is 6.92 Å². The molecule has 1 fully saturated rings. The summed E-state index contributed by atoms with van der Waals surface area (Å²) < 4.78 is 38.2. The van der Waals surface area contributed by atoms with E-state index in [9.17, 15) is 18.0 Å². The fraction of sp³-hybridized carbons (Fsp3) is 0.292. The molecule has 1 amide bonds. The number of anilines is 2. The molecule has 0 unspecified atom stereocenters. The lowest BCUT2D eigenvalue weighted by Gasteiger charge is -2.31. The van der Waals surface area contributed by atoms with Crippen molar-refractivity contribution < 1.29 is 18.0 Å². The lowest BCUT2D eigenvalue weighted by Crippen LogP contribution is -2.33. The highest BCUT2D eigenvalue weighted by atomic mass is 19.4. The van der Waals surface area contributed by atoms with Crippen LogP contribution in [0, 0.1) is 5.92 Å². The highest BCUT2D eigenvalue weighted by Gasteiger charge is 2.30. The molecule has 4 rings (SSSR count). The number of carbonyl (C=O) groups excluding carboxylic acids is 1. The summed E-state index contributed by atoms with van der Waals surface area (Å²) in [6.07, 6.45) is 1.19. The van der Waals surface area contributed by atoms with Crippen LogP contribution in [0.4, 0.5) is 24.8 Å². The first-order valence-electron chi connectivity index (χ1n) is 10.5. The average Bonchev–Trinajstić information content (AvgIpc) is 2.79. The van der Waals surface area contributed by atoms with Crippen molar-refractivity contribution in [3.05, 3.63) is 72.1 Å². The zero-order valence-corrected chi connectivity index (χ0v) is 17.6. The number of hydrogen-bond acceptors (Lipinski definition) is 4. The third-order valence-corrected chi connectivity index (χ3v) is 5.66. The zero-order chi connectivity index (χ0) is 22.7. The quantitative estimate of drug-likeness (QED) is 0.570. The van der Waals surface area contributed by atoms with Crippen molar-refractivity contribution in [1.29, 1.82) is 0 Å². The van der Waals surface area contributed by atoms with Gasteiger partial charge in [0.25, 0.3) is 5.91 Å². The summed E-state index contributed by atoms with van der Waals surface area (Å²) in [6.45, 7) is 4.21. The summed E-state index contributed by atoms with van der Waals surface area (Å²) in [5, 5.41) is 2.65. The molecule has 3 heterocycles. The molecule has 0 aliphatic carbocycles. The van der Waals surface area contributed by atoms with Crippen LogP contribution in [0.2, 0.25) is 0 Å². The van der Waals surface area contributed by atoms with Crippen molar-refractivity contribution in [1.82, 2.24) is 9.97 Å². The van der Waals surface area contributed by atoms with Gasteiger partial charge in [0.05, 0.1) is 5.56 Å². The molecule has 0 saturated carbocycles. The summed E-state index contributed by atoms with van der Waals surface area (Å²) in [4.78, 5) is 23.4. The van der Waals surface area contributed by atoms with Crippen LogP contribution in [-0.4, -0.2) is 29.0 Å². The highest BCUT2D eigenvalue weighted by Crippen LogP contribution is 2.30. The summed E-state index contributed by atoms with van der Waals surface area (Å²) in [5.41, 5.74) is 1.12. The first-order valence-corrected chi connectivity index (χ1v) is 10.5. The molecule has 0 atom stereocenters. The smallest absolute Gasteiger partial charge is 0.357 e. The Morgan fingerprint density at radius 2 is 1.59 bits per heavy atom. The van der Waals surface area contributed by atoms with E-state index in [1.165, 1.54) is 0 Å². The van der Waals surface area contributed by atoms with Crippen molar-refractivity contribution in [3.63, 3.8) is 0 Å². The van der Waals surface area contributed by atoms with Gasteiger partial charge in [-0.15, -0.1) is 0 Å². The van der Waals surface area contributed by atoms with E-state index in [0.29, 0.717) is 5.82 Å². The number of hydrogen-bond donors (Lipinski definition) is 1. The molecule has 32 heavy (non-hydrogen) atoms. The summed E-state index contributed by atoms with van der Waals surface area (Å²) in [7, 11) is 0. The minimum absolute atomic E-state index is 0.121. The van der Waals surface area contributed by atoms with E-state index in [1.807, 2.05) is 18.2 Å². The van der Waals surface area contributed by atoms with Crippen LogP contribution in [0.3, 0.4) is 0 Å². The molecule has 0 radical (unpaired) electrons. The lowest BCUT2D eigenvalue weighted by molar-refractivity contribution is -0.137. The number of amides is 1. The van der Waals surface area contributed by atoms with Crippen LogP contribution in [0.1, 0.15) is 35.7 Å². The van der Waals surface area contributed by atoms with E-state index in [1.54, 1.807) is 18.5 Å². The van der Waals surface area contributed by atoms with Gasteiger partial charge in [0.15, 0.2) is 0 Å². The van der Waals surface area contributed by atoms with Crippen molar-refractivity contribution in [2.45, 2.75) is 25.9 Å². The molecule has 5 nitrogen and oxygen atoms in total. The second-order valence-electron chi connectivity index (χ2n) is 8.03. The van der Waals surface area contributed by atoms with E-state index in [0.717, 1.165) is 73.1 Å². The van der Waals surface area contributed by atoms with Crippen molar-refractivity contribution >= 4 is 17.5 Å². The third-order valence-electron chi connectivity index (χ3n) is 5.66. The molecule has 1 aromatic carbocycles. The van der Waals surface area contributed by atoms with Gasteiger partial charge in [0.1, 0.15) is 11.6 Å². The van der Waals surface area contributed by atoms with Gasteiger partial charge in [-0.3, -0.25) is 4.79 Å². The number of aromatic nitrogens is 2. The van der Waals surface area contributed by atoms with Crippen molar-refractivity contribution in [2.24, 2.45) is 5.92 Å². The molecule has 1 N–H and O–H groups in total. The second kappa shape index (κ2) is 8.98. The van der Waals surface area contributed by atoms with Gasteiger partial charge in [0, 0.05) is 31.0 Å². The Morgan fingerprint density at radius 1 is 0.969 bits per heavy atom. The predicted octanol–water partition coefficient (Wildman–Crippen LogP) is 5.65. The number of nitrogens with one attached hydrogen (secondary N) is 1. The molecule has 1 aliphatic heterocycles. The number of nitrogens with zero attached hydrogens (tertiary/aromatic N) is 3. The standard InChI is InChI=1S/C24H23F3N4O/c1-16-8-12-31(13-9-16)22-15-19(7-11-29-22)18-6-10-28-21(14-18)30-23(32)17-2-4-20(5-3-17)24(25,26)27/h2-7,10-11,14-16H,8-9,12-13H2,1H3,(H,28,30,32). The molecule has 166 valence electrons. The van der Waals surface area contributed by atoms with Crippen LogP contribution < -0.4 is 10.2 Å². The van der Waals surface area contributed by atoms with E-state index in [4.69, 9.17) is 0 Å². The number of piperidine rings is 1. The number of alkyl halides is 3. The number of halogens is 3. The van der Waals surface area contributed by atoms with E-state index < -0.39 is 17.6 Å². The van der Waals surface area contributed by atoms with Gasteiger partial charge in [0.2, 0.25) is 0 Å². The fourth-order valence-corrected chi connectivity index (χ4v) is 3.69. The Balaban J connectivity index is 1.49. The van der Waals surface area contributed by atoms with Crippen LogP contribution in [0.25, 0.3) is 11.1 Å². The summed E-state index contributed by atoms with van der Waals surface area (Å²) in [6, 6.07) is 11.6. The monoisotopic (exact) mass is 440 g/mol. The molecule has 3 aromatic rings. The van der Waals surface area contributed by atoms with Gasteiger partial charge in [-0.05, 0) is 78.4 Å². The molecule has 1 saturated heterocycles. The van der Waals surface area contributed by atoms with Crippen LogP contribution >= 0.6 is 0 Å². The lowest BCUT2D eigenvalue weighted by atomic mass is 9.99. The van der Waals surface area contributed by atoms with Crippen LogP contribution in [0.5, 0.6) is 0 Å². The SMILES string of the molecule is CC1CCN(c2cc(-c3ccnc(NC(=O)c4ccc(C(F)(F)F)cc4)c3)ccn2)CC1. The topological polar surface area (TPSA) is 58.1 Å². The fourth-order valence-electron chi connectivity index (χ4n) is 3.69.